The summed E-state index contributed by atoms with van der Waals surface area (Å²) < 4.78 is 3.37. The van der Waals surface area contributed by atoms with Gasteiger partial charge in [-0.05, 0) is 18.2 Å². The molecule has 3 N–H and O–H groups in total. The van der Waals surface area contributed by atoms with Crippen molar-refractivity contribution in [3.63, 3.8) is 0 Å². The molecular formula is C20H18N4O3S. The van der Waals surface area contributed by atoms with Gasteiger partial charge in [-0.3, -0.25) is 14.2 Å². The van der Waals surface area contributed by atoms with Gasteiger partial charge in [0, 0.05) is 18.5 Å². The van der Waals surface area contributed by atoms with Gasteiger partial charge in [0.25, 0.3) is 5.56 Å². The van der Waals surface area contributed by atoms with Crippen LogP contribution in [0.5, 0.6) is 0 Å². The molecule has 0 unspecified atom stereocenters. The van der Waals surface area contributed by atoms with Crippen molar-refractivity contribution in [1.29, 1.82) is 0 Å². The lowest BCUT2D eigenvalue weighted by molar-refractivity contribution is -0.133. The van der Waals surface area contributed by atoms with E-state index in [4.69, 9.17) is 15.8 Å². The van der Waals surface area contributed by atoms with Crippen molar-refractivity contribution in [2.45, 2.75) is 11.7 Å². The standard InChI is InChI=1S/C20H18N4O3S/c21-10-11-23-15-9-5-4-8-14(15)17-18(23)19(27)24(13-6-2-1-3-7-13)20(22-17)28-12-16(25)26/h1-9H,10-12,21H2,(H,25,26). The zero-order chi connectivity index (χ0) is 19.7. The van der Waals surface area contributed by atoms with Gasteiger partial charge in [0.15, 0.2) is 5.16 Å². The van der Waals surface area contributed by atoms with Crippen molar-refractivity contribution in [1.82, 2.24) is 14.1 Å². The Morgan fingerprint density at radius 2 is 1.82 bits per heavy atom. The second-order valence-electron chi connectivity index (χ2n) is 6.21. The number of nitrogens with zero attached hydrogens (tertiary/aromatic N) is 3. The third-order valence-electron chi connectivity index (χ3n) is 4.44. The van der Waals surface area contributed by atoms with Crippen LogP contribution in [0.2, 0.25) is 0 Å². The summed E-state index contributed by atoms with van der Waals surface area (Å²) in [5, 5.41) is 10.3. The third kappa shape index (κ3) is 3.06. The number of hydrogen-bond acceptors (Lipinski definition) is 5. The molecule has 0 saturated heterocycles. The molecule has 0 radical (unpaired) electrons. The van der Waals surface area contributed by atoms with Crippen molar-refractivity contribution >= 4 is 39.7 Å². The Bertz CT molecular complexity index is 1230. The highest BCUT2D eigenvalue weighted by molar-refractivity contribution is 7.99. The number of rotatable bonds is 6. The van der Waals surface area contributed by atoms with Crippen molar-refractivity contribution in [3.05, 3.63) is 65.0 Å². The topological polar surface area (TPSA) is 103 Å². The van der Waals surface area contributed by atoms with Crippen LogP contribution >= 0.6 is 11.8 Å². The molecule has 2 aromatic carbocycles. The number of carboxylic acid groups (broad SMARTS) is 1. The van der Waals surface area contributed by atoms with E-state index >= 15 is 0 Å². The first-order valence-electron chi connectivity index (χ1n) is 8.76. The molecule has 2 aromatic heterocycles. The van der Waals surface area contributed by atoms with E-state index in [0.717, 1.165) is 22.7 Å². The van der Waals surface area contributed by atoms with Gasteiger partial charge in [-0.15, -0.1) is 0 Å². The van der Waals surface area contributed by atoms with Crippen LogP contribution in [0.15, 0.2) is 64.5 Å². The third-order valence-corrected chi connectivity index (χ3v) is 5.36. The lowest BCUT2D eigenvalue weighted by atomic mass is 10.2. The van der Waals surface area contributed by atoms with E-state index in [1.807, 2.05) is 47.0 Å². The van der Waals surface area contributed by atoms with Crippen LogP contribution in [-0.4, -0.2) is 37.5 Å². The Morgan fingerprint density at radius 3 is 2.54 bits per heavy atom. The first-order valence-corrected chi connectivity index (χ1v) is 9.74. The minimum Gasteiger partial charge on any atom is -0.481 e. The van der Waals surface area contributed by atoms with Gasteiger partial charge in [-0.2, -0.15) is 0 Å². The van der Waals surface area contributed by atoms with Gasteiger partial charge in [-0.1, -0.05) is 48.2 Å². The van der Waals surface area contributed by atoms with E-state index in [1.54, 1.807) is 12.1 Å². The van der Waals surface area contributed by atoms with E-state index in [0.29, 0.717) is 35.0 Å². The van der Waals surface area contributed by atoms with Crippen molar-refractivity contribution in [2.75, 3.05) is 12.3 Å². The second-order valence-corrected chi connectivity index (χ2v) is 7.15. The Balaban J connectivity index is 2.11. The fourth-order valence-electron chi connectivity index (χ4n) is 3.34. The number of thioether (sulfide) groups is 1. The summed E-state index contributed by atoms with van der Waals surface area (Å²) in [5.74, 6) is -1.16. The number of fused-ring (bicyclic) bond motifs is 3. The largest absolute Gasteiger partial charge is 0.481 e. The minimum absolute atomic E-state index is 0.188. The zero-order valence-corrected chi connectivity index (χ0v) is 15.7. The van der Waals surface area contributed by atoms with Gasteiger partial charge in [0.05, 0.1) is 17.0 Å². The van der Waals surface area contributed by atoms with Crippen LogP contribution in [0.4, 0.5) is 0 Å². The Morgan fingerprint density at radius 1 is 1.11 bits per heavy atom. The average Bonchev–Trinajstić information content (AvgIpc) is 3.02. The van der Waals surface area contributed by atoms with Crippen LogP contribution in [-0.2, 0) is 11.3 Å². The Hall–Kier alpha value is -3.10. The van der Waals surface area contributed by atoms with E-state index < -0.39 is 5.97 Å². The van der Waals surface area contributed by atoms with Gasteiger partial charge < -0.3 is 15.4 Å². The van der Waals surface area contributed by atoms with Crippen LogP contribution in [0.3, 0.4) is 0 Å². The maximum atomic E-state index is 13.6. The van der Waals surface area contributed by atoms with E-state index in [2.05, 4.69) is 0 Å². The molecule has 0 aliphatic rings. The van der Waals surface area contributed by atoms with Crippen LogP contribution in [0.25, 0.3) is 27.6 Å². The summed E-state index contributed by atoms with van der Waals surface area (Å²) in [6.07, 6.45) is 0. The molecule has 0 aliphatic carbocycles. The molecule has 28 heavy (non-hydrogen) atoms. The highest BCUT2D eigenvalue weighted by Gasteiger charge is 2.20. The molecule has 4 aromatic rings. The second kappa shape index (κ2) is 7.49. The molecular weight excluding hydrogens is 376 g/mol. The molecule has 0 spiro atoms. The van der Waals surface area contributed by atoms with Crippen LogP contribution < -0.4 is 11.3 Å². The number of carboxylic acids is 1. The number of aromatic nitrogens is 3. The van der Waals surface area contributed by atoms with Gasteiger partial charge >= 0.3 is 5.97 Å². The monoisotopic (exact) mass is 394 g/mol. The molecule has 4 rings (SSSR count). The molecule has 7 nitrogen and oxygen atoms in total. The number of nitrogens with two attached hydrogens (primary N) is 1. The minimum atomic E-state index is -0.968. The van der Waals surface area contributed by atoms with Crippen molar-refractivity contribution in [3.8, 4) is 5.69 Å². The summed E-state index contributed by atoms with van der Waals surface area (Å²) >= 11 is 1.03. The van der Waals surface area contributed by atoms with E-state index in [9.17, 15) is 9.59 Å². The summed E-state index contributed by atoms with van der Waals surface area (Å²) in [7, 11) is 0. The maximum absolute atomic E-state index is 13.6. The van der Waals surface area contributed by atoms with Crippen LogP contribution in [0, 0.1) is 0 Å². The fraction of sp³-hybridized carbons (Fsp3) is 0.150. The van der Waals surface area contributed by atoms with E-state index in [1.165, 1.54) is 4.57 Å². The first kappa shape index (κ1) is 18.3. The average molecular weight is 394 g/mol. The molecule has 0 aliphatic heterocycles. The Labute approximate surface area is 164 Å². The van der Waals surface area contributed by atoms with Crippen molar-refractivity contribution in [2.24, 2.45) is 5.73 Å². The highest BCUT2D eigenvalue weighted by Crippen LogP contribution is 2.28. The molecule has 0 atom stereocenters. The summed E-state index contributed by atoms with van der Waals surface area (Å²) in [5.41, 5.74) is 8.10. The maximum Gasteiger partial charge on any atom is 0.313 e. The summed E-state index contributed by atoms with van der Waals surface area (Å²) in [4.78, 5) is 29.4. The predicted molar refractivity (Wildman–Crippen MR) is 110 cm³/mol. The zero-order valence-electron chi connectivity index (χ0n) is 14.9. The molecule has 142 valence electrons. The van der Waals surface area contributed by atoms with Crippen LogP contribution in [0.1, 0.15) is 0 Å². The SMILES string of the molecule is NCCn1c2ccccc2c2nc(SCC(=O)O)n(-c3ccccc3)c(=O)c21. The number of hydrogen-bond donors (Lipinski definition) is 2. The number of aliphatic carboxylic acids is 1. The van der Waals surface area contributed by atoms with Gasteiger partial charge in [0.2, 0.25) is 0 Å². The lowest BCUT2D eigenvalue weighted by Gasteiger charge is -2.12. The van der Waals surface area contributed by atoms with E-state index in [-0.39, 0.29) is 11.3 Å². The van der Waals surface area contributed by atoms with Crippen molar-refractivity contribution < 1.29 is 9.90 Å². The summed E-state index contributed by atoms with van der Waals surface area (Å²) in [6.45, 7) is 0.866. The smallest absolute Gasteiger partial charge is 0.313 e. The lowest BCUT2D eigenvalue weighted by Crippen LogP contribution is -2.24. The normalized spacial score (nSPS) is 11.3. The molecule has 2 heterocycles. The highest BCUT2D eigenvalue weighted by atomic mass is 32.2. The Kier molecular flexibility index (Phi) is 4.89. The molecule has 8 heteroatoms. The molecule has 0 bridgehead atoms. The number of benzene rings is 2. The first-order chi connectivity index (χ1) is 13.6. The predicted octanol–water partition coefficient (Wildman–Crippen LogP) is 2.48. The van der Waals surface area contributed by atoms with Gasteiger partial charge in [-0.25, -0.2) is 4.98 Å². The quantitative estimate of drug-likeness (QED) is 0.385. The molecule has 0 saturated carbocycles. The summed E-state index contributed by atoms with van der Waals surface area (Å²) in [6, 6.07) is 16.8. The van der Waals surface area contributed by atoms with Gasteiger partial charge in [0.1, 0.15) is 11.0 Å². The molecule has 0 amide bonds. The number of carbonyl (C=O) groups is 1. The number of para-hydroxylation sites is 2. The molecule has 0 fully saturated rings. The fourth-order valence-corrected chi connectivity index (χ4v) is 4.07.